The molecule has 88 valence electrons. The molecule has 0 radical (unpaired) electrons. The highest BCUT2D eigenvalue weighted by atomic mass is 16.5. The van der Waals surface area contributed by atoms with Crippen molar-refractivity contribution in [2.75, 3.05) is 13.1 Å². The van der Waals surface area contributed by atoms with Crippen LogP contribution in [0.25, 0.3) is 0 Å². The molecule has 0 saturated carbocycles. The van der Waals surface area contributed by atoms with Crippen molar-refractivity contribution < 1.29 is 9.53 Å². The maximum Gasteiger partial charge on any atom is 0.360 e. The van der Waals surface area contributed by atoms with Crippen molar-refractivity contribution in [2.45, 2.75) is 32.4 Å². The minimum absolute atomic E-state index is 0.0805. The third-order valence-corrected chi connectivity index (χ3v) is 2.74. The lowest BCUT2D eigenvalue weighted by Crippen LogP contribution is -2.43. The van der Waals surface area contributed by atoms with Crippen molar-refractivity contribution in [3.05, 3.63) is 11.9 Å². The van der Waals surface area contributed by atoms with E-state index in [-0.39, 0.29) is 11.8 Å². The summed E-state index contributed by atoms with van der Waals surface area (Å²) in [6.45, 7) is 5.58. The number of carbonyl (C=O) groups is 1. The largest absolute Gasteiger partial charge is 0.458 e. The molecule has 1 aliphatic rings. The predicted octanol–water partition coefficient (Wildman–Crippen LogP) is 0.378. The topological polar surface area (TPSA) is 69.0 Å². The molecule has 0 amide bonds. The number of carbonyl (C=O) groups excluding carboxylic acids is 1. The van der Waals surface area contributed by atoms with E-state index in [1.165, 1.54) is 0 Å². The zero-order valence-electron chi connectivity index (χ0n) is 9.51. The number of hydrogen-bond donors (Lipinski definition) is 1. The summed E-state index contributed by atoms with van der Waals surface area (Å²) < 4.78 is 6.87. The average Bonchev–Trinajstić information content (AvgIpc) is 2.64. The Morgan fingerprint density at radius 2 is 2.50 bits per heavy atom. The van der Waals surface area contributed by atoms with E-state index in [1.807, 2.05) is 13.8 Å². The van der Waals surface area contributed by atoms with Gasteiger partial charge in [0.05, 0.1) is 18.3 Å². The lowest BCUT2D eigenvalue weighted by atomic mass is 10.2. The summed E-state index contributed by atoms with van der Waals surface area (Å²) in [7, 11) is 0. The van der Waals surface area contributed by atoms with Crippen LogP contribution in [-0.4, -0.2) is 40.2 Å². The first-order valence-electron chi connectivity index (χ1n) is 5.54. The quantitative estimate of drug-likeness (QED) is 0.749. The Kier molecular flexibility index (Phi) is 3.19. The Bertz CT molecular complexity index is 373. The van der Waals surface area contributed by atoms with E-state index in [0.717, 1.165) is 19.5 Å². The molecule has 16 heavy (non-hydrogen) atoms. The third kappa shape index (κ3) is 2.21. The van der Waals surface area contributed by atoms with Gasteiger partial charge in [-0.3, -0.25) is 0 Å². The van der Waals surface area contributed by atoms with E-state index in [2.05, 4.69) is 15.6 Å². The maximum absolute atomic E-state index is 11.6. The van der Waals surface area contributed by atoms with Crippen LogP contribution in [0.15, 0.2) is 6.20 Å². The van der Waals surface area contributed by atoms with Crippen LogP contribution in [0.5, 0.6) is 0 Å². The van der Waals surface area contributed by atoms with Gasteiger partial charge in [-0.1, -0.05) is 12.1 Å². The Labute approximate surface area is 94.0 Å². The van der Waals surface area contributed by atoms with E-state index < -0.39 is 5.97 Å². The third-order valence-electron chi connectivity index (χ3n) is 2.74. The maximum atomic E-state index is 11.6. The number of nitrogens with one attached hydrogen (secondary N) is 1. The van der Waals surface area contributed by atoms with Gasteiger partial charge in [-0.25, -0.2) is 9.48 Å². The second-order valence-electron chi connectivity index (χ2n) is 4.02. The SMILES string of the molecule is CCC(C)OC(=O)c1cn(C2CNC2)nn1. The molecule has 6 nitrogen and oxygen atoms in total. The molecule has 6 heteroatoms. The zero-order chi connectivity index (χ0) is 11.5. The summed E-state index contributed by atoms with van der Waals surface area (Å²) in [6.07, 6.45) is 2.37. The molecule has 0 spiro atoms. The Morgan fingerprint density at radius 3 is 3.06 bits per heavy atom. The number of aromatic nitrogens is 3. The number of ether oxygens (including phenoxy) is 1. The second-order valence-corrected chi connectivity index (χ2v) is 4.02. The fourth-order valence-corrected chi connectivity index (χ4v) is 1.34. The molecule has 1 saturated heterocycles. The van der Waals surface area contributed by atoms with Crippen LogP contribution in [0.1, 0.15) is 36.8 Å². The summed E-state index contributed by atoms with van der Waals surface area (Å²) in [5.74, 6) is -0.395. The first-order valence-corrected chi connectivity index (χ1v) is 5.54. The zero-order valence-corrected chi connectivity index (χ0v) is 9.51. The highest BCUT2D eigenvalue weighted by molar-refractivity contribution is 5.86. The van der Waals surface area contributed by atoms with E-state index in [9.17, 15) is 4.79 Å². The van der Waals surface area contributed by atoms with Crippen LogP contribution in [-0.2, 0) is 4.74 Å². The van der Waals surface area contributed by atoms with Gasteiger partial charge >= 0.3 is 5.97 Å². The summed E-state index contributed by atoms with van der Waals surface area (Å²) in [4.78, 5) is 11.6. The van der Waals surface area contributed by atoms with E-state index in [4.69, 9.17) is 4.74 Å². The van der Waals surface area contributed by atoms with Crippen molar-refractivity contribution in [2.24, 2.45) is 0 Å². The van der Waals surface area contributed by atoms with Gasteiger partial charge in [0.25, 0.3) is 0 Å². The highest BCUT2D eigenvalue weighted by Crippen LogP contribution is 2.11. The lowest BCUT2D eigenvalue weighted by Gasteiger charge is -2.26. The van der Waals surface area contributed by atoms with E-state index >= 15 is 0 Å². The smallest absolute Gasteiger partial charge is 0.360 e. The molecule has 0 aliphatic carbocycles. The number of rotatable bonds is 4. The monoisotopic (exact) mass is 224 g/mol. The van der Waals surface area contributed by atoms with Crippen molar-refractivity contribution >= 4 is 5.97 Å². The molecule has 1 aromatic rings. The lowest BCUT2D eigenvalue weighted by molar-refractivity contribution is 0.0327. The van der Waals surface area contributed by atoms with Gasteiger partial charge < -0.3 is 10.1 Å². The van der Waals surface area contributed by atoms with Crippen molar-refractivity contribution in [3.8, 4) is 0 Å². The number of hydrogen-bond acceptors (Lipinski definition) is 5. The van der Waals surface area contributed by atoms with Crippen LogP contribution in [0.3, 0.4) is 0 Å². The Morgan fingerprint density at radius 1 is 1.75 bits per heavy atom. The van der Waals surface area contributed by atoms with Crippen molar-refractivity contribution in [3.63, 3.8) is 0 Å². The van der Waals surface area contributed by atoms with Gasteiger partial charge in [0.2, 0.25) is 0 Å². The Balaban J connectivity index is 1.97. The van der Waals surface area contributed by atoms with Crippen LogP contribution >= 0.6 is 0 Å². The van der Waals surface area contributed by atoms with Gasteiger partial charge in [0.1, 0.15) is 0 Å². The van der Waals surface area contributed by atoms with Crippen LogP contribution < -0.4 is 5.32 Å². The minimum Gasteiger partial charge on any atom is -0.458 e. The molecular weight excluding hydrogens is 208 g/mol. The van der Waals surface area contributed by atoms with Gasteiger partial charge in [0.15, 0.2) is 5.69 Å². The van der Waals surface area contributed by atoms with Crippen LogP contribution in [0, 0.1) is 0 Å². The van der Waals surface area contributed by atoms with Gasteiger partial charge in [0, 0.05) is 13.1 Å². The van der Waals surface area contributed by atoms with E-state index in [1.54, 1.807) is 10.9 Å². The molecular formula is C10H16N4O2. The van der Waals surface area contributed by atoms with Gasteiger partial charge in [-0.15, -0.1) is 5.10 Å². The molecule has 0 bridgehead atoms. The van der Waals surface area contributed by atoms with Gasteiger partial charge in [-0.05, 0) is 13.3 Å². The number of esters is 1. The molecule has 1 N–H and O–H groups in total. The summed E-state index contributed by atoms with van der Waals surface area (Å²) >= 11 is 0. The second kappa shape index (κ2) is 4.61. The molecule has 1 aromatic heterocycles. The molecule has 0 aromatic carbocycles. The molecule has 2 rings (SSSR count). The number of nitrogens with zero attached hydrogens (tertiary/aromatic N) is 3. The minimum atomic E-state index is -0.395. The predicted molar refractivity (Wildman–Crippen MR) is 57.1 cm³/mol. The average molecular weight is 224 g/mol. The van der Waals surface area contributed by atoms with Crippen LogP contribution in [0.4, 0.5) is 0 Å². The molecule has 1 aliphatic heterocycles. The first kappa shape index (κ1) is 11.1. The van der Waals surface area contributed by atoms with Crippen LogP contribution in [0.2, 0.25) is 0 Å². The summed E-state index contributed by atoms with van der Waals surface area (Å²) in [5.41, 5.74) is 0.284. The van der Waals surface area contributed by atoms with Crippen molar-refractivity contribution in [1.29, 1.82) is 0 Å². The van der Waals surface area contributed by atoms with E-state index in [0.29, 0.717) is 6.04 Å². The summed E-state index contributed by atoms with van der Waals surface area (Å²) in [6, 6.07) is 0.317. The molecule has 2 heterocycles. The molecule has 1 atom stereocenters. The van der Waals surface area contributed by atoms with Gasteiger partial charge in [-0.2, -0.15) is 0 Å². The highest BCUT2D eigenvalue weighted by Gasteiger charge is 2.22. The van der Waals surface area contributed by atoms with Crippen molar-refractivity contribution in [1.82, 2.24) is 20.3 Å². The first-order chi connectivity index (χ1) is 7.70. The summed E-state index contributed by atoms with van der Waals surface area (Å²) in [5, 5.41) is 10.9. The molecule has 1 fully saturated rings. The fourth-order valence-electron chi connectivity index (χ4n) is 1.34. The fraction of sp³-hybridized carbons (Fsp3) is 0.700. The standard InChI is InChI=1S/C10H16N4O2/c1-3-7(2)16-10(15)9-6-14(13-12-9)8-4-11-5-8/h6-8,11H,3-5H2,1-2H3. The normalized spacial score (nSPS) is 17.9. The molecule has 1 unspecified atom stereocenters. The Hall–Kier alpha value is -1.43.